The van der Waals surface area contributed by atoms with Gasteiger partial charge < -0.3 is 15.1 Å². The second-order valence-corrected chi connectivity index (χ2v) is 6.28. The van der Waals surface area contributed by atoms with Crippen LogP contribution in [0.1, 0.15) is 21.7 Å². The lowest BCUT2D eigenvalue weighted by atomic mass is 10.1. The van der Waals surface area contributed by atoms with Gasteiger partial charge in [-0.05, 0) is 24.1 Å². The van der Waals surface area contributed by atoms with Gasteiger partial charge in [0.15, 0.2) is 5.96 Å². The number of carbonyl (C=O) groups excluding carboxylic acids is 1. The number of nitrogens with one attached hydrogen (secondary N) is 1. The van der Waals surface area contributed by atoms with Crippen molar-refractivity contribution < 1.29 is 4.79 Å². The molecular formula is C18H28IN7O. The number of aromatic nitrogens is 3. The molecule has 27 heavy (non-hydrogen) atoms. The maximum Gasteiger partial charge on any atom is 0.253 e. The molecule has 0 atom stereocenters. The smallest absolute Gasteiger partial charge is 0.253 e. The molecule has 1 N–H and O–H groups in total. The molecule has 9 heteroatoms. The third kappa shape index (κ3) is 6.49. The average molecular weight is 485 g/mol. The Kier molecular flexibility index (Phi) is 9.19. The first-order valence-electron chi connectivity index (χ1n) is 8.47. The molecule has 2 aromatic rings. The normalized spacial score (nSPS) is 10.9. The number of hydrogen-bond donors (Lipinski definition) is 1. The number of hydrogen-bond acceptors (Lipinski definition) is 4. The second-order valence-electron chi connectivity index (χ2n) is 6.28. The van der Waals surface area contributed by atoms with E-state index in [-0.39, 0.29) is 29.9 Å². The van der Waals surface area contributed by atoms with Gasteiger partial charge in [0.25, 0.3) is 5.91 Å². The molecule has 1 aromatic carbocycles. The zero-order valence-electron chi connectivity index (χ0n) is 16.5. The van der Waals surface area contributed by atoms with E-state index in [9.17, 15) is 4.79 Å². The maximum atomic E-state index is 12.1. The summed E-state index contributed by atoms with van der Waals surface area (Å²) in [6.45, 7) is 1.33. The SMILES string of the molecule is CN=C(NCCc1cccc(C(=O)N(C)C)c1)N(C)Cc1ncnn1C.I. The molecule has 148 valence electrons. The number of amides is 1. The van der Waals surface area contributed by atoms with Crippen LogP contribution < -0.4 is 5.32 Å². The predicted octanol–water partition coefficient (Wildman–Crippen LogP) is 1.38. The molecule has 1 amide bonds. The number of guanidine groups is 1. The Morgan fingerprint density at radius 2 is 2.04 bits per heavy atom. The molecule has 1 heterocycles. The highest BCUT2D eigenvalue weighted by atomic mass is 127. The van der Waals surface area contributed by atoms with Crippen LogP contribution in [0.5, 0.6) is 0 Å². The van der Waals surface area contributed by atoms with Crippen molar-refractivity contribution in [3.63, 3.8) is 0 Å². The Morgan fingerprint density at radius 3 is 2.63 bits per heavy atom. The van der Waals surface area contributed by atoms with Gasteiger partial charge in [-0.15, -0.1) is 24.0 Å². The fourth-order valence-electron chi connectivity index (χ4n) is 2.57. The van der Waals surface area contributed by atoms with Crippen LogP contribution in [0.2, 0.25) is 0 Å². The van der Waals surface area contributed by atoms with Crippen LogP contribution in [0, 0.1) is 0 Å². The summed E-state index contributed by atoms with van der Waals surface area (Å²) >= 11 is 0. The van der Waals surface area contributed by atoms with Crippen molar-refractivity contribution in [3.8, 4) is 0 Å². The molecule has 1 aromatic heterocycles. The van der Waals surface area contributed by atoms with Crippen LogP contribution in [0.15, 0.2) is 35.6 Å². The van der Waals surface area contributed by atoms with Crippen molar-refractivity contribution >= 4 is 35.8 Å². The summed E-state index contributed by atoms with van der Waals surface area (Å²) in [5.41, 5.74) is 1.81. The van der Waals surface area contributed by atoms with Gasteiger partial charge in [-0.25, -0.2) is 4.98 Å². The molecule has 2 rings (SSSR count). The highest BCUT2D eigenvalue weighted by Crippen LogP contribution is 2.08. The van der Waals surface area contributed by atoms with Crippen molar-refractivity contribution in [2.24, 2.45) is 12.0 Å². The monoisotopic (exact) mass is 485 g/mol. The number of rotatable bonds is 6. The first kappa shape index (κ1) is 22.9. The fourth-order valence-corrected chi connectivity index (χ4v) is 2.57. The molecular weight excluding hydrogens is 457 g/mol. The number of aliphatic imine (C=N–C) groups is 1. The van der Waals surface area contributed by atoms with Crippen LogP contribution in [-0.2, 0) is 20.0 Å². The Hall–Kier alpha value is -2.17. The highest BCUT2D eigenvalue weighted by molar-refractivity contribution is 14.0. The van der Waals surface area contributed by atoms with Crippen molar-refractivity contribution in [1.82, 2.24) is 29.9 Å². The first-order valence-corrected chi connectivity index (χ1v) is 8.47. The van der Waals surface area contributed by atoms with E-state index in [4.69, 9.17) is 0 Å². The lowest BCUT2D eigenvalue weighted by molar-refractivity contribution is 0.0827. The van der Waals surface area contributed by atoms with Crippen molar-refractivity contribution in [3.05, 3.63) is 47.5 Å². The first-order chi connectivity index (χ1) is 12.4. The van der Waals surface area contributed by atoms with Crippen LogP contribution >= 0.6 is 24.0 Å². The van der Waals surface area contributed by atoms with E-state index in [2.05, 4.69) is 20.4 Å². The minimum Gasteiger partial charge on any atom is -0.356 e. The average Bonchev–Trinajstić information content (AvgIpc) is 3.02. The van der Waals surface area contributed by atoms with Gasteiger partial charge in [0.2, 0.25) is 0 Å². The molecule has 0 saturated carbocycles. The zero-order valence-corrected chi connectivity index (χ0v) is 18.8. The third-order valence-electron chi connectivity index (χ3n) is 4.03. The van der Waals surface area contributed by atoms with Crippen molar-refractivity contribution in [1.29, 1.82) is 0 Å². The van der Waals surface area contributed by atoms with E-state index in [1.165, 1.54) is 0 Å². The number of halogens is 1. The Balaban J connectivity index is 0.00000364. The summed E-state index contributed by atoms with van der Waals surface area (Å²) in [4.78, 5) is 24.2. The van der Waals surface area contributed by atoms with Gasteiger partial charge in [0, 0.05) is 47.3 Å². The lowest BCUT2D eigenvalue weighted by Gasteiger charge is -2.21. The number of benzene rings is 1. The molecule has 0 aliphatic heterocycles. The number of nitrogens with zero attached hydrogens (tertiary/aromatic N) is 6. The van der Waals surface area contributed by atoms with Gasteiger partial charge in [0.05, 0.1) is 6.54 Å². The molecule has 0 bridgehead atoms. The van der Waals surface area contributed by atoms with E-state index in [0.717, 1.165) is 30.3 Å². The molecule has 0 fully saturated rings. The molecule has 0 aliphatic carbocycles. The summed E-state index contributed by atoms with van der Waals surface area (Å²) in [5.74, 6) is 1.66. The lowest BCUT2D eigenvalue weighted by Crippen LogP contribution is -2.39. The quantitative estimate of drug-likeness (QED) is 0.380. The highest BCUT2D eigenvalue weighted by Gasteiger charge is 2.11. The van der Waals surface area contributed by atoms with E-state index >= 15 is 0 Å². The largest absolute Gasteiger partial charge is 0.356 e. The molecule has 0 radical (unpaired) electrons. The van der Waals surface area contributed by atoms with Crippen LogP contribution in [0.25, 0.3) is 0 Å². The zero-order chi connectivity index (χ0) is 19.1. The van der Waals surface area contributed by atoms with Gasteiger partial charge >= 0.3 is 0 Å². The summed E-state index contributed by atoms with van der Waals surface area (Å²) < 4.78 is 1.75. The standard InChI is InChI=1S/C18H27N7O.HI/c1-19-18(24(4)12-16-21-13-22-25(16)5)20-10-9-14-7-6-8-15(11-14)17(26)23(2)3;/h6-8,11,13H,9-10,12H2,1-5H3,(H,19,20);1H. The Morgan fingerprint density at radius 1 is 1.30 bits per heavy atom. The summed E-state index contributed by atoms with van der Waals surface area (Å²) in [6, 6.07) is 7.73. The van der Waals surface area contributed by atoms with Crippen LogP contribution in [-0.4, -0.2) is 71.2 Å². The summed E-state index contributed by atoms with van der Waals surface area (Å²) in [6.07, 6.45) is 2.34. The van der Waals surface area contributed by atoms with E-state index in [1.54, 1.807) is 37.1 Å². The van der Waals surface area contributed by atoms with Crippen LogP contribution in [0.4, 0.5) is 0 Å². The summed E-state index contributed by atoms with van der Waals surface area (Å²) in [7, 11) is 9.10. The maximum absolute atomic E-state index is 12.1. The topological polar surface area (TPSA) is 78.7 Å². The minimum absolute atomic E-state index is 0. The van der Waals surface area contributed by atoms with Gasteiger partial charge in [-0.1, -0.05) is 12.1 Å². The van der Waals surface area contributed by atoms with Crippen molar-refractivity contribution in [2.45, 2.75) is 13.0 Å². The predicted molar refractivity (Wildman–Crippen MR) is 117 cm³/mol. The third-order valence-corrected chi connectivity index (χ3v) is 4.03. The molecule has 0 aliphatic rings. The number of aryl methyl sites for hydroxylation is 1. The molecule has 8 nitrogen and oxygen atoms in total. The second kappa shape index (κ2) is 10.9. The Labute approximate surface area is 177 Å². The van der Waals surface area contributed by atoms with Gasteiger partial charge in [-0.3, -0.25) is 14.5 Å². The van der Waals surface area contributed by atoms with E-state index in [0.29, 0.717) is 12.1 Å². The molecule has 0 saturated heterocycles. The van der Waals surface area contributed by atoms with E-state index < -0.39 is 0 Å². The molecule has 0 spiro atoms. The van der Waals surface area contributed by atoms with Gasteiger partial charge in [0.1, 0.15) is 12.2 Å². The fraction of sp³-hybridized carbons (Fsp3) is 0.444. The van der Waals surface area contributed by atoms with Crippen LogP contribution in [0.3, 0.4) is 0 Å². The molecule has 0 unspecified atom stereocenters. The Bertz CT molecular complexity index is 773. The van der Waals surface area contributed by atoms with Crippen molar-refractivity contribution in [2.75, 3.05) is 34.7 Å². The number of carbonyl (C=O) groups is 1. The van der Waals surface area contributed by atoms with E-state index in [1.807, 2.05) is 43.3 Å². The summed E-state index contributed by atoms with van der Waals surface area (Å²) in [5, 5.41) is 7.42. The van der Waals surface area contributed by atoms with Gasteiger partial charge in [-0.2, -0.15) is 5.10 Å². The minimum atomic E-state index is 0.